The molecule has 1 aliphatic rings. The molecule has 0 radical (unpaired) electrons. The summed E-state index contributed by atoms with van der Waals surface area (Å²) in [6.45, 7) is 4.99. The topological polar surface area (TPSA) is 89.7 Å². The summed E-state index contributed by atoms with van der Waals surface area (Å²) in [4.78, 5) is 33.8. The minimum Gasteiger partial charge on any atom is -0.391 e. The lowest BCUT2D eigenvalue weighted by molar-refractivity contribution is -0.900. The number of nitrogens with zero attached hydrogens (tertiary/aromatic N) is 5. The van der Waals surface area contributed by atoms with Crippen LogP contribution in [0.5, 0.6) is 0 Å². The van der Waals surface area contributed by atoms with E-state index >= 15 is 0 Å². The van der Waals surface area contributed by atoms with Crippen molar-refractivity contribution >= 4 is 17.1 Å². The van der Waals surface area contributed by atoms with Gasteiger partial charge in [0.2, 0.25) is 5.95 Å². The monoisotopic (exact) mass is 427 g/mol. The molecule has 3 aromatic rings. The van der Waals surface area contributed by atoms with Crippen LogP contribution in [-0.4, -0.2) is 63.1 Å². The largest absolute Gasteiger partial charge is 0.391 e. The maximum atomic E-state index is 13.0. The van der Waals surface area contributed by atoms with Crippen LogP contribution in [0.3, 0.4) is 0 Å². The summed E-state index contributed by atoms with van der Waals surface area (Å²) in [5.41, 5.74) is 1.51. The van der Waals surface area contributed by atoms with Crippen molar-refractivity contribution < 1.29 is 10.0 Å². The van der Waals surface area contributed by atoms with E-state index in [-0.39, 0.29) is 17.9 Å². The van der Waals surface area contributed by atoms with Gasteiger partial charge in [0, 0.05) is 20.6 Å². The first kappa shape index (κ1) is 21.3. The number of imidazole rings is 1. The second-order valence-corrected chi connectivity index (χ2v) is 8.24. The first-order valence-electron chi connectivity index (χ1n) is 10.9. The third kappa shape index (κ3) is 4.15. The Balaban J connectivity index is 1.69. The van der Waals surface area contributed by atoms with E-state index < -0.39 is 0 Å². The molecule has 2 aromatic heterocycles. The number of aliphatic hydroxyl groups is 1. The van der Waals surface area contributed by atoms with Crippen molar-refractivity contribution in [2.24, 2.45) is 14.1 Å². The zero-order valence-electron chi connectivity index (χ0n) is 18.3. The van der Waals surface area contributed by atoms with Crippen LogP contribution in [0.1, 0.15) is 12.0 Å². The molecule has 0 amide bonds. The van der Waals surface area contributed by atoms with Crippen molar-refractivity contribution in [2.75, 3.05) is 44.2 Å². The van der Waals surface area contributed by atoms with E-state index in [9.17, 15) is 14.7 Å². The Morgan fingerprint density at radius 1 is 1.06 bits per heavy atom. The van der Waals surface area contributed by atoms with Crippen LogP contribution >= 0.6 is 0 Å². The number of hydrogen-bond acceptors (Lipinski definition) is 5. The van der Waals surface area contributed by atoms with E-state index in [1.807, 2.05) is 22.8 Å². The van der Waals surface area contributed by atoms with Crippen molar-refractivity contribution in [3.8, 4) is 0 Å². The number of benzene rings is 1. The predicted octanol–water partition coefficient (Wildman–Crippen LogP) is -1.24. The Bertz CT molecular complexity index is 1160. The van der Waals surface area contributed by atoms with Gasteiger partial charge in [-0.1, -0.05) is 30.3 Å². The quantitative estimate of drug-likeness (QED) is 0.493. The zero-order chi connectivity index (χ0) is 22.0. The van der Waals surface area contributed by atoms with E-state index in [4.69, 9.17) is 4.98 Å². The fraction of sp³-hybridized carbons (Fsp3) is 0.500. The van der Waals surface area contributed by atoms with Crippen molar-refractivity contribution in [3.63, 3.8) is 0 Å². The average molecular weight is 428 g/mol. The Morgan fingerprint density at radius 3 is 2.45 bits per heavy atom. The lowest BCUT2D eigenvalue weighted by atomic mass is 10.1. The first-order chi connectivity index (χ1) is 15.0. The number of fused-ring (bicyclic) bond motifs is 1. The summed E-state index contributed by atoms with van der Waals surface area (Å²) in [6, 6.07) is 10.3. The Morgan fingerprint density at radius 2 is 1.77 bits per heavy atom. The van der Waals surface area contributed by atoms with Crippen molar-refractivity contribution in [3.05, 3.63) is 56.7 Å². The van der Waals surface area contributed by atoms with Crippen molar-refractivity contribution in [1.82, 2.24) is 18.7 Å². The Labute approximate surface area is 180 Å². The third-order valence-electron chi connectivity index (χ3n) is 6.24. The summed E-state index contributed by atoms with van der Waals surface area (Å²) >= 11 is 0. The second kappa shape index (κ2) is 9.07. The van der Waals surface area contributed by atoms with Gasteiger partial charge in [0.1, 0.15) is 6.54 Å². The minimum atomic E-state index is -0.366. The van der Waals surface area contributed by atoms with Gasteiger partial charge in [-0.05, 0) is 18.4 Å². The maximum absolute atomic E-state index is 13.0. The normalized spacial score (nSPS) is 15.1. The molecule has 1 aliphatic heterocycles. The SMILES string of the molecule is Cn1c(=O)c2c(nc(N3CC[NH+](CCO)CC3)n2CCCc2ccccc2)n(C)c1=O. The van der Waals surface area contributed by atoms with Crippen LogP contribution in [0.25, 0.3) is 11.2 Å². The van der Waals surface area contributed by atoms with Crippen molar-refractivity contribution in [1.29, 1.82) is 0 Å². The highest BCUT2D eigenvalue weighted by Crippen LogP contribution is 2.21. The standard InChI is InChI=1S/C22H30N6O3/c1-24-19-18(20(30)25(2)22(24)31)28(10-6-9-17-7-4-3-5-8-17)21(23-19)27-13-11-26(12-14-27)15-16-29/h3-5,7-8,29H,6,9-16H2,1-2H3/p+1. The van der Waals surface area contributed by atoms with Gasteiger partial charge in [0.15, 0.2) is 11.2 Å². The molecule has 1 saturated heterocycles. The second-order valence-electron chi connectivity index (χ2n) is 8.24. The number of aryl methyl sites for hydroxylation is 3. The molecular weight excluding hydrogens is 396 g/mol. The number of anilines is 1. The van der Waals surface area contributed by atoms with Crippen LogP contribution in [0, 0.1) is 0 Å². The third-order valence-corrected chi connectivity index (χ3v) is 6.24. The smallest absolute Gasteiger partial charge is 0.332 e. The minimum absolute atomic E-state index is 0.186. The Kier molecular flexibility index (Phi) is 6.24. The first-order valence-corrected chi connectivity index (χ1v) is 10.9. The van der Waals surface area contributed by atoms with Gasteiger partial charge in [0.25, 0.3) is 5.56 Å². The number of aliphatic hydroxyl groups excluding tert-OH is 1. The summed E-state index contributed by atoms with van der Waals surface area (Å²) in [7, 11) is 3.18. The van der Waals surface area contributed by atoms with E-state index in [0.717, 1.165) is 56.1 Å². The highest BCUT2D eigenvalue weighted by Gasteiger charge is 2.26. The molecule has 31 heavy (non-hydrogen) atoms. The van der Waals surface area contributed by atoms with E-state index in [1.165, 1.54) is 22.1 Å². The molecule has 9 nitrogen and oxygen atoms in total. The van der Waals surface area contributed by atoms with Gasteiger partial charge in [-0.25, -0.2) is 4.79 Å². The summed E-state index contributed by atoms with van der Waals surface area (Å²) in [5.74, 6) is 0.754. The van der Waals surface area contributed by atoms with Gasteiger partial charge in [-0.2, -0.15) is 4.98 Å². The molecule has 9 heteroatoms. The molecule has 3 heterocycles. The number of aromatic nitrogens is 4. The number of hydrogen-bond donors (Lipinski definition) is 2. The number of nitrogens with one attached hydrogen (secondary N) is 1. The predicted molar refractivity (Wildman–Crippen MR) is 120 cm³/mol. The summed E-state index contributed by atoms with van der Waals surface area (Å²) < 4.78 is 4.61. The van der Waals surface area contributed by atoms with Crippen LogP contribution in [0.4, 0.5) is 5.95 Å². The highest BCUT2D eigenvalue weighted by atomic mass is 16.3. The molecule has 2 N–H and O–H groups in total. The fourth-order valence-corrected chi connectivity index (χ4v) is 4.41. The van der Waals surface area contributed by atoms with E-state index in [1.54, 1.807) is 7.05 Å². The highest BCUT2D eigenvalue weighted by molar-refractivity contribution is 5.74. The zero-order valence-corrected chi connectivity index (χ0v) is 18.3. The maximum Gasteiger partial charge on any atom is 0.332 e. The van der Waals surface area contributed by atoms with Gasteiger partial charge in [-0.3, -0.25) is 13.9 Å². The lowest BCUT2D eigenvalue weighted by Crippen LogP contribution is -3.15. The molecule has 1 fully saturated rings. The molecule has 0 bridgehead atoms. The van der Waals surface area contributed by atoms with E-state index in [2.05, 4.69) is 17.0 Å². The summed E-state index contributed by atoms with van der Waals surface area (Å²) in [6.07, 6.45) is 1.77. The molecular formula is C22H31N6O3+. The van der Waals surface area contributed by atoms with Gasteiger partial charge in [-0.15, -0.1) is 0 Å². The number of quaternary nitrogens is 1. The number of piperazine rings is 1. The lowest BCUT2D eigenvalue weighted by Gasteiger charge is -2.32. The van der Waals surface area contributed by atoms with Gasteiger partial charge < -0.3 is 19.5 Å². The molecule has 0 atom stereocenters. The Hall–Kier alpha value is -2.91. The molecule has 4 rings (SSSR count). The molecule has 0 unspecified atom stereocenters. The molecule has 0 aliphatic carbocycles. The van der Waals surface area contributed by atoms with Crippen molar-refractivity contribution in [2.45, 2.75) is 19.4 Å². The van der Waals surface area contributed by atoms with Gasteiger partial charge >= 0.3 is 5.69 Å². The van der Waals surface area contributed by atoms with Crippen LogP contribution in [-0.2, 0) is 27.1 Å². The van der Waals surface area contributed by atoms with Gasteiger partial charge in [0.05, 0.1) is 32.8 Å². The molecule has 0 spiro atoms. The van der Waals surface area contributed by atoms with Crippen LogP contribution in [0.2, 0.25) is 0 Å². The number of rotatable bonds is 7. The van der Waals surface area contributed by atoms with Crippen LogP contribution in [0.15, 0.2) is 39.9 Å². The molecule has 1 aromatic carbocycles. The fourth-order valence-electron chi connectivity index (χ4n) is 4.41. The average Bonchev–Trinajstić information content (AvgIpc) is 3.17. The molecule has 0 saturated carbocycles. The van der Waals surface area contributed by atoms with Crippen LogP contribution < -0.4 is 21.0 Å². The molecule has 166 valence electrons. The van der Waals surface area contributed by atoms with E-state index in [0.29, 0.717) is 17.7 Å². The summed E-state index contributed by atoms with van der Waals surface area (Å²) in [5, 5.41) is 9.22.